The lowest BCUT2D eigenvalue weighted by Gasteiger charge is -2.36. The van der Waals surface area contributed by atoms with Crippen LogP contribution in [0.15, 0.2) is 84.0 Å². The van der Waals surface area contributed by atoms with E-state index in [1.165, 1.54) is 11.1 Å². The number of methoxy groups -OCH3 is 1. The molecule has 8 nitrogen and oxygen atoms in total. The molecule has 1 aliphatic rings. The number of ether oxygens (including phenoxy) is 2. The molecule has 0 radical (unpaired) electrons. The molecule has 180 valence electrons. The molecular formula is C27H28N4O4. The molecule has 0 saturated carbocycles. The molecule has 3 aromatic rings. The predicted molar refractivity (Wildman–Crippen MR) is 135 cm³/mol. The van der Waals surface area contributed by atoms with Gasteiger partial charge < -0.3 is 19.3 Å². The lowest BCUT2D eigenvalue weighted by Crippen LogP contribution is -2.52. The Morgan fingerprint density at radius 1 is 0.914 bits per heavy atom. The molecular weight excluding hydrogens is 444 g/mol. The van der Waals surface area contributed by atoms with Crippen LogP contribution in [0.25, 0.3) is 0 Å². The predicted octanol–water partition coefficient (Wildman–Crippen LogP) is 3.07. The van der Waals surface area contributed by atoms with Crippen LogP contribution in [0, 0.1) is 0 Å². The highest BCUT2D eigenvalue weighted by atomic mass is 16.5. The van der Waals surface area contributed by atoms with Crippen LogP contribution in [0.3, 0.4) is 0 Å². The van der Waals surface area contributed by atoms with Gasteiger partial charge in [0.1, 0.15) is 18.1 Å². The maximum atomic E-state index is 12.5. The Kier molecular flexibility index (Phi) is 7.96. The van der Waals surface area contributed by atoms with Crippen LogP contribution in [0.2, 0.25) is 0 Å². The number of rotatable bonds is 7. The van der Waals surface area contributed by atoms with Crippen LogP contribution >= 0.6 is 0 Å². The fourth-order valence-electron chi connectivity index (χ4n) is 3.79. The maximum absolute atomic E-state index is 12.5. The smallest absolute Gasteiger partial charge is 0.329 e. The number of piperazine rings is 1. The van der Waals surface area contributed by atoms with Gasteiger partial charge in [0, 0.05) is 26.2 Å². The second-order valence-electron chi connectivity index (χ2n) is 7.99. The summed E-state index contributed by atoms with van der Waals surface area (Å²) >= 11 is 0. The van der Waals surface area contributed by atoms with Gasteiger partial charge in [-0.15, -0.1) is 0 Å². The zero-order chi connectivity index (χ0) is 24.5. The number of nitrogens with zero attached hydrogens (tertiary/aromatic N) is 3. The number of hydrogen-bond acceptors (Lipinski definition) is 6. The summed E-state index contributed by atoms with van der Waals surface area (Å²) in [5, 5.41) is 3.93. The largest absolute Gasteiger partial charge is 0.495 e. The monoisotopic (exact) mass is 472 g/mol. The van der Waals surface area contributed by atoms with Gasteiger partial charge in [0.05, 0.1) is 19.0 Å². The summed E-state index contributed by atoms with van der Waals surface area (Å²) in [7, 11) is 1.64. The van der Waals surface area contributed by atoms with Gasteiger partial charge in [-0.1, -0.05) is 42.5 Å². The van der Waals surface area contributed by atoms with E-state index in [0.29, 0.717) is 32.8 Å². The number of benzene rings is 3. The minimum Gasteiger partial charge on any atom is -0.495 e. The van der Waals surface area contributed by atoms with Crippen LogP contribution < -0.4 is 19.8 Å². The first-order valence-electron chi connectivity index (χ1n) is 11.4. The molecule has 1 heterocycles. The third-order valence-corrected chi connectivity index (χ3v) is 5.70. The first-order chi connectivity index (χ1) is 17.1. The number of carbonyl (C=O) groups is 2. The summed E-state index contributed by atoms with van der Waals surface area (Å²) in [5.74, 6) is 0.175. The van der Waals surface area contributed by atoms with E-state index in [1.54, 1.807) is 7.11 Å². The van der Waals surface area contributed by atoms with Crippen LogP contribution in [0.5, 0.6) is 11.5 Å². The second kappa shape index (κ2) is 11.7. The third kappa shape index (κ3) is 6.38. The van der Waals surface area contributed by atoms with Crippen molar-refractivity contribution >= 4 is 23.7 Å². The number of amides is 2. The van der Waals surface area contributed by atoms with Crippen LogP contribution in [-0.4, -0.2) is 56.2 Å². The number of para-hydroxylation sites is 2. The van der Waals surface area contributed by atoms with Crippen molar-refractivity contribution in [2.75, 3.05) is 38.2 Å². The summed E-state index contributed by atoms with van der Waals surface area (Å²) < 4.78 is 11.2. The van der Waals surface area contributed by atoms with Crippen LogP contribution in [0.1, 0.15) is 11.1 Å². The minimum atomic E-state index is -0.755. The molecule has 35 heavy (non-hydrogen) atoms. The second-order valence-corrected chi connectivity index (χ2v) is 7.99. The maximum Gasteiger partial charge on any atom is 0.329 e. The normalized spacial score (nSPS) is 13.5. The summed E-state index contributed by atoms with van der Waals surface area (Å²) in [5.41, 5.74) is 5.17. The van der Waals surface area contributed by atoms with E-state index >= 15 is 0 Å². The molecule has 4 rings (SSSR count). The fourth-order valence-corrected chi connectivity index (χ4v) is 3.79. The van der Waals surface area contributed by atoms with Crippen molar-refractivity contribution in [1.29, 1.82) is 0 Å². The van der Waals surface area contributed by atoms with Crippen LogP contribution in [0.4, 0.5) is 5.69 Å². The van der Waals surface area contributed by atoms with Gasteiger partial charge in [-0.2, -0.15) is 5.10 Å². The zero-order valence-electron chi connectivity index (χ0n) is 19.6. The van der Waals surface area contributed by atoms with Crippen LogP contribution in [-0.2, 0) is 16.2 Å². The van der Waals surface area contributed by atoms with Gasteiger partial charge in [0.25, 0.3) is 0 Å². The van der Waals surface area contributed by atoms with E-state index < -0.39 is 11.8 Å². The molecule has 0 unspecified atom stereocenters. The van der Waals surface area contributed by atoms with E-state index in [1.807, 2.05) is 78.9 Å². The molecule has 0 atom stereocenters. The summed E-state index contributed by atoms with van der Waals surface area (Å²) in [4.78, 5) is 28.5. The van der Waals surface area contributed by atoms with Gasteiger partial charge in [0.15, 0.2) is 0 Å². The molecule has 1 N–H and O–H groups in total. The van der Waals surface area contributed by atoms with Crippen molar-refractivity contribution in [3.63, 3.8) is 0 Å². The average Bonchev–Trinajstić information content (AvgIpc) is 2.92. The van der Waals surface area contributed by atoms with Gasteiger partial charge >= 0.3 is 11.8 Å². The van der Waals surface area contributed by atoms with Gasteiger partial charge in [0.2, 0.25) is 0 Å². The quantitative estimate of drug-likeness (QED) is 0.325. The summed E-state index contributed by atoms with van der Waals surface area (Å²) in [6.45, 7) is 2.60. The highest BCUT2D eigenvalue weighted by Gasteiger charge is 2.26. The lowest BCUT2D eigenvalue weighted by molar-refractivity contribution is -0.146. The number of carbonyl (C=O) groups excluding carboxylic acids is 2. The number of hydrazone groups is 1. The van der Waals surface area contributed by atoms with Crippen molar-refractivity contribution in [2.24, 2.45) is 5.10 Å². The molecule has 1 aliphatic heterocycles. The average molecular weight is 473 g/mol. The Hall–Kier alpha value is -4.33. The molecule has 1 fully saturated rings. The molecule has 0 aliphatic carbocycles. The Morgan fingerprint density at radius 2 is 1.60 bits per heavy atom. The van der Waals surface area contributed by atoms with E-state index in [-0.39, 0.29) is 0 Å². The number of anilines is 1. The van der Waals surface area contributed by atoms with E-state index in [4.69, 9.17) is 9.47 Å². The third-order valence-electron chi connectivity index (χ3n) is 5.70. The summed E-state index contributed by atoms with van der Waals surface area (Å²) in [6.07, 6.45) is 1.49. The van der Waals surface area contributed by atoms with E-state index in [0.717, 1.165) is 28.3 Å². The van der Waals surface area contributed by atoms with E-state index in [9.17, 15) is 9.59 Å². The molecule has 8 heteroatoms. The van der Waals surface area contributed by atoms with Crippen molar-refractivity contribution in [3.05, 3.63) is 90.0 Å². The van der Waals surface area contributed by atoms with Gasteiger partial charge in [-0.25, -0.2) is 5.43 Å². The van der Waals surface area contributed by atoms with Crippen molar-refractivity contribution in [1.82, 2.24) is 10.3 Å². The fraction of sp³-hybridized carbons (Fsp3) is 0.222. The molecule has 1 saturated heterocycles. The highest BCUT2D eigenvalue weighted by molar-refractivity contribution is 6.35. The molecule has 0 bridgehead atoms. The van der Waals surface area contributed by atoms with Crippen molar-refractivity contribution in [2.45, 2.75) is 6.61 Å². The highest BCUT2D eigenvalue weighted by Crippen LogP contribution is 2.28. The minimum absolute atomic E-state index is 0.443. The summed E-state index contributed by atoms with van der Waals surface area (Å²) in [6, 6.07) is 25.0. The molecule has 3 aromatic carbocycles. The molecule has 2 amide bonds. The first-order valence-corrected chi connectivity index (χ1v) is 11.4. The van der Waals surface area contributed by atoms with Crippen molar-refractivity contribution < 1.29 is 19.1 Å². The number of nitrogens with one attached hydrogen (secondary N) is 1. The Balaban J connectivity index is 1.22. The Labute approximate surface area is 204 Å². The van der Waals surface area contributed by atoms with Crippen molar-refractivity contribution in [3.8, 4) is 11.5 Å². The van der Waals surface area contributed by atoms with Gasteiger partial charge in [-0.3, -0.25) is 9.59 Å². The lowest BCUT2D eigenvalue weighted by atomic mass is 10.2. The SMILES string of the molecule is COc1ccccc1N1CCN(C(=O)C(=O)NN=Cc2ccc(OCc3ccccc3)cc2)CC1. The molecule has 0 spiro atoms. The Morgan fingerprint density at radius 3 is 2.31 bits per heavy atom. The number of hydrogen-bond donors (Lipinski definition) is 1. The Bertz CT molecular complexity index is 1160. The van der Waals surface area contributed by atoms with Gasteiger partial charge in [-0.05, 0) is 47.5 Å². The topological polar surface area (TPSA) is 83.5 Å². The standard InChI is InChI=1S/C27H28N4O4/c1-34-25-10-6-5-9-24(25)30-15-17-31(18-16-30)27(33)26(32)29-28-19-21-11-13-23(14-12-21)35-20-22-7-3-2-4-8-22/h2-14,19H,15-18,20H2,1H3,(H,29,32). The molecule has 0 aromatic heterocycles. The van der Waals surface area contributed by atoms with E-state index in [2.05, 4.69) is 15.4 Å². The first kappa shape index (κ1) is 23.8. The zero-order valence-corrected chi connectivity index (χ0v) is 19.6.